The van der Waals surface area contributed by atoms with E-state index in [0.29, 0.717) is 10.7 Å². The molecule has 0 unspecified atom stereocenters. The Bertz CT molecular complexity index is 960. The summed E-state index contributed by atoms with van der Waals surface area (Å²) in [6.07, 6.45) is 1.43. The number of hydrogen-bond acceptors (Lipinski definition) is 5. The third kappa shape index (κ3) is 3.08. The summed E-state index contributed by atoms with van der Waals surface area (Å²) in [5.41, 5.74) is 2.77. The number of carboxylic acid groups (broad SMARTS) is 1. The minimum Gasteiger partial charge on any atom is -0.497 e. The molecule has 1 aromatic carbocycles. The Hall–Kier alpha value is -2.74. The van der Waals surface area contributed by atoms with Gasteiger partial charge in [0.2, 0.25) is 0 Å². The second-order valence-corrected chi connectivity index (χ2v) is 6.91. The third-order valence-electron chi connectivity index (χ3n) is 4.45. The van der Waals surface area contributed by atoms with Gasteiger partial charge in [0.05, 0.1) is 18.4 Å². The van der Waals surface area contributed by atoms with Crippen LogP contribution in [0.25, 0.3) is 17.0 Å². The van der Waals surface area contributed by atoms with Crippen molar-refractivity contribution in [1.29, 1.82) is 0 Å². The molecule has 8 heteroatoms. The summed E-state index contributed by atoms with van der Waals surface area (Å²) in [5, 5.41) is 9.24. The van der Waals surface area contributed by atoms with Crippen LogP contribution in [0.15, 0.2) is 23.1 Å². The predicted molar refractivity (Wildman–Crippen MR) is 99.1 cm³/mol. The zero-order chi connectivity index (χ0) is 19.0. The molecule has 1 N–H and O–H groups in total. The molecule has 1 saturated heterocycles. The zero-order valence-electron chi connectivity index (χ0n) is 14.6. The topological polar surface area (TPSA) is 88.8 Å². The van der Waals surface area contributed by atoms with Crippen molar-refractivity contribution in [3.63, 3.8) is 0 Å². The highest BCUT2D eigenvalue weighted by molar-refractivity contribution is 8.18. The Morgan fingerprint density at radius 1 is 1.35 bits per heavy atom. The summed E-state index contributed by atoms with van der Waals surface area (Å²) < 4.78 is 7.30. The average molecular weight is 374 g/mol. The van der Waals surface area contributed by atoms with Gasteiger partial charge in [0.15, 0.2) is 0 Å². The molecule has 1 aromatic heterocycles. The monoisotopic (exact) mass is 374 g/mol. The lowest BCUT2D eigenvalue weighted by Gasteiger charge is -2.09. The highest BCUT2D eigenvalue weighted by Crippen LogP contribution is 2.36. The number of carbonyl (C=O) groups is 3. The molecule has 1 aliphatic heterocycles. The van der Waals surface area contributed by atoms with E-state index in [1.165, 1.54) is 0 Å². The van der Waals surface area contributed by atoms with E-state index >= 15 is 0 Å². The van der Waals surface area contributed by atoms with Crippen LogP contribution in [0.1, 0.15) is 17.7 Å². The van der Waals surface area contributed by atoms with E-state index in [1.54, 1.807) is 13.2 Å². The van der Waals surface area contributed by atoms with Crippen molar-refractivity contribution in [2.45, 2.75) is 13.3 Å². The van der Waals surface area contributed by atoms with Gasteiger partial charge in [-0.15, -0.1) is 0 Å². The molecular weight excluding hydrogens is 356 g/mol. The molecule has 0 atom stereocenters. The Labute approximate surface area is 154 Å². The first kappa shape index (κ1) is 18.1. The molecular formula is C18H18N2O5S. The number of carboxylic acids is 1. The van der Waals surface area contributed by atoms with Crippen molar-refractivity contribution in [3.8, 4) is 5.75 Å². The number of imide groups is 1. The number of aryl methyl sites for hydroxylation is 1. The molecule has 0 spiro atoms. The number of ether oxygens (including phenoxy) is 1. The molecule has 1 fully saturated rings. The first-order chi connectivity index (χ1) is 12.3. The number of thioether (sulfide) groups is 1. The number of rotatable bonds is 5. The van der Waals surface area contributed by atoms with Crippen LogP contribution in [-0.2, 0) is 16.6 Å². The maximum atomic E-state index is 12.5. The number of hydrogen-bond donors (Lipinski definition) is 1. The van der Waals surface area contributed by atoms with E-state index in [4.69, 9.17) is 9.84 Å². The Morgan fingerprint density at radius 2 is 2.08 bits per heavy atom. The van der Waals surface area contributed by atoms with Gasteiger partial charge in [0.1, 0.15) is 5.75 Å². The van der Waals surface area contributed by atoms with E-state index in [0.717, 1.165) is 38.8 Å². The van der Waals surface area contributed by atoms with Gasteiger partial charge in [-0.25, -0.2) is 0 Å². The van der Waals surface area contributed by atoms with Crippen molar-refractivity contribution < 1.29 is 24.2 Å². The summed E-state index contributed by atoms with van der Waals surface area (Å²) in [6, 6.07) is 5.70. The number of fused-ring (bicyclic) bond motifs is 1. The number of benzene rings is 1. The third-order valence-corrected chi connectivity index (χ3v) is 5.35. The van der Waals surface area contributed by atoms with Gasteiger partial charge in [-0.3, -0.25) is 19.3 Å². The number of aromatic nitrogens is 1. The normalized spacial score (nSPS) is 16.1. The second kappa shape index (κ2) is 6.87. The zero-order valence-corrected chi connectivity index (χ0v) is 15.4. The molecule has 2 amide bonds. The molecule has 0 radical (unpaired) electrons. The number of aliphatic carboxylic acids is 1. The van der Waals surface area contributed by atoms with Crippen molar-refractivity contribution in [3.05, 3.63) is 34.4 Å². The van der Waals surface area contributed by atoms with Crippen LogP contribution >= 0.6 is 11.8 Å². The SMILES string of the molecule is COc1ccc2c(c1)c(/C=C1\SC(=O)N(CCC(=O)O)C1=O)c(C)n2C. The lowest BCUT2D eigenvalue weighted by molar-refractivity contribution is -0.137. The van der Waals surface area contributed by atoms with Crippen LogP contribution in [-0.4, -0.2) is 45.3 Å². The van der Waals surface area contributed by atoms with Crippen molar-refractivity contribution in [1.82, 2.24) is 9.47 Å². The Morgan fingerprint density at radius 3 is 2.73 bits per heavy atom. The molecule has 0 bridgehead atoms. The fourth-order valence-corrected chi connectivity index (χ4v) is 3.77. The first-order valence-electron chi connectivity index (χ1n) is 7.93. The van der Waals surface area contributed by atoms with Crippen LogP contribution in [0.4, 0.5) is 4.79 Å². The number of nitrogens with zero attached hydrogens (tertiary/aromatic N) is 2. The minimum atomic E-state index is -1.05. The lowest BCUT2D eigenvalue weighted by atomic mass is 10.1. The van der Waals surface area contributed by atoms with Gasteiger partial charge >= 0.3 is 5.97 Å². The first-order valence-corrected chi connectivity index (χ1v) is 8.75. The van der Waals surface area contributed by atoms with E-state index in [-0.39, 0.29) is 13.0 Å². The standard InChI is InChI=1S/C18H18N2O5S/c1-10-12(13-8-11(25-3)4-5-14(13)19(10)2)9-15-17(23)20(18(24)26-15)7-6-16(21)22/h4-5,8-9H,6-7H2,1-3H3,(H,21,22)/b15-9-. The van der Waals surface area contributed by atoms with Gasteiger partial charge in [-0.05, 0) is 43.0 Å². The summed E-state index contributed by atoms with van der Waals surface area (Å²) in [7, 11) is 3.52. The average Bonchev–Trinajstić information content (AvgIpc) is 3.01. The predicted octanol–water partition coefficient (Wildman–Crippen LogP) is 3.01. The minimum absolute atomic E-state index is 0.125. The maximum Gasteiger partial charge on any atom is 0.305 e. The summed E-state index contributed by atoms with van der Waals surface area (Å²) >= 11 is 0.830. The fraction of sp³-hybridized carbons (Fsp3) is 0.278. The summed E-state index contributed by atoms with van der Waals surface area (Å²) in [5.74, 6) is -0.808. The van der Waals surface area contributed by atoms with E-state index in [1.807, 2.05) is 36.7 Å². The maximum absolute atomic E-state index is 12.5. The van der Waals surface area contributed by atoms with Gasteiger partial charge in [-0.1, -0.05) is 0 Å². The molecule has 0 saturated carbocycles. The largest absolute Gasteiger partial charge is 0.497 e. The molecule has 1 aliphatic rings. The molecule has 2 heterocycles. The number of amides is 2. The molecule has 26 heavy (non-hydrogen) atoms. The number of methoxy groups -OCH3 is 1. The Balaban J connectivity index is 2.02. The van der Waals surface area contributed by atoms with Crippen molar-refractivity contribution in [2.75, 3.05) is 13.7 Å². The van der Waals surface area contributed by atoms with Crippen molar-refractivity contribution in [2.24, 2.45) is 7.05 Å². The Kier molecular flexibility index (Phi) is 4.78. The molecule has 3 rings (SSSR count). The fourth-order valence-electron chi connectivity index (χ4n) is 2.92. The van der Waals surface area contributed by atoms with Gasteiger partial charge in [0, 0.05) is 35.8 Å². The van der Waals surface area contributed by atoms with Gasteiger partial charge in [0.25, 0.3) is 11.1 Å². The summed E-state index contributed by atoms with van der Waals surface area (Å²) in [6.45, 7) is 1.81. The molecule has 7 nitrogen and oxygen atoms in total. The highest BCUT2D eigenvalue weighted by Gasteiger charge is 2.35. The van der Waals surface area contributed by atoms with Crippen LogP contribution in [0.3, 0.4) is 0 Å². The molecule has 2 aromatic rings. The highest BCUT2D eigenvalue weighted by atomic mass is 32.2. The van der Waals surface area contributed by atoms with Crippen molar-refractivity contribution >= 4 is 45.9 Å². The van der Waals surface area contributed by atoms with E-state index in [9.17, 15) is 14.4 Å². The van der Waals surface area contributed by atoms with Crippen LogP contribution in [0, 0.1) is 6.92 Å². The molecule has 0 aliphatic carbocycles. The van der Waals surface area contributed by atoms with Crippen LogP contribution < -0.4 is 4.74 Å². The summed E-state index contributed by atoms with van der Waals surface area (Å²) in [4.78, 5) is 36.5. The van der Waals surface area contributed by atoms with Crippen LogP contribution in [0.2, 0.25) is 0 Å². The van der Waals surface area contributed by atoms with Gasteiger partial charge < -0.3 is 14.4 Å². The number of carbonyl (C=O) groups excluding carboxylic acids is 2. The quantitative estimate of drug-likeness (QED) is 0.810. The van der Waals surface area contributed by atoms with Crippen LogP contribution in [0.5, 0.6) is 5.75 Å². The van der Waals surface area contributed by atoms with Gasteiger partial charge in [-0.2, -0.15) is 0 Å². The van der Waals surface area contributed by atoms with E-state index in [2.05, 4.69) is 0 Å². The van der Waals surface area contributed by atoms with E-state index < -0.39 is 17.1 Å². The lowest BCUT2D eigenvalue weighted by Crippen LogP contribution is -2.30. The second-order valence-electron chi connectivity index (χ2n) is 5.92. The smallest absolute Gasteiger partial charge is 0.305 e. The molecule has 136 valence electrons.